The molecule has 1 aromatic carbocycles. The van der Waals surface area contributed by atoms with Crippen LogP contribution in [0, 0.1) is 5.82 Å². The SMILES string of the molecule is CCNC(=NCCO)NCCc1cccc(F)c1.I. The first-order chi connectivity index (χ1) is 8.76. The van der Waals surface area contributed by atoms with Crippen LogP contribution in [0.2, 0.25) is 0 Å². The van der Waals surface area contributed by atoms with Crippen molar-refractivity contribution in [2.24, 2.45) is 4.99 Å². The van der Waals surface area contributed by atoms with Gasteiger partial charge in [-0.05, 0) is 31.0 Å². The molecule has 0 fully saturated rings. The fourth-order valence-corrected chi connectivity index (χ4v) is 1.52. The smallest absolute Gasteiger partial charge is 0.191 e. The van der Waals surface area contributed by atoms with Crippen LogP contribution in [0.4, 0.5) is 4.39 Å². The first kappa shape index (κ1) is 18.1. The molecule has 0 aliphatic carbocycles. The van der Waals surface area contributed by atoms with Gasteiger partial charge in [0.2, 0.25) is 0 Å². The van der Waals surface area contributed by atoms with E-state index in [0.29, 0.717) is 19.0 Å². The van der Waals surface area contributed by atoms with Gasteiger partial charge >= 0.3 is 0 Å². The monoisotopic (exact) mass is 381 g/mol. The molecule has 1 aromatic rings. The number of halogens is 2. The number of nitrogens with one attached hydrogen (secondary N) is 2. The molecule has 1 rings (SSSR count). The zero-order chi connectivity index (χ0) is 13.2. The van der Waals surface area contributed by atoms with Gasteiger partial charge < -0.3 is 15.7 Å². The van der Waals surface area contributed by atoms with E-state index in [2.05, 4.69) is 15.6 Å². The maximum absolute atomic E-state index is 13.0. The summed E-state index contributed by atoms with van der Waals surface area (Å²) in [5.41, 5.74) is 0.945. The van der Waals surface area contributed by atoms with Gasteiger partial charge in [-0.2, -0.15) is 0 Å². The molecule has 0 unspecified atom stereocenters. The van der Waals surface area contributed by atoms with Gasteiger partial charge in [0.05, 0.1) is 13.2 Å². The quantitative estimate of drug-likeness (QED) is 0.398. The molecule has 0 atom stereocenters. The molecule has 0 bridgehead atoms. The van der Waals surface area contributed by atoms with Crippen LogP contribution in [-0.2, 0) is 6.42 Å². The van der Waals surface area contributed by atoms with E-state index < -0.39 is 0 Å². The molecular formula is C13H21FIN3O. The average molecular weight is 381 g/mol. The molecule has 0 aliphatic heterocycles. The molecule has 0 aromatic heterocycles. The number of aliphatic hydroxyl groups excluding tert-OH is 1. The first-order valence-electron chi connectivity index (χ1n) is 6.13. The molecule has 19 heavy (non-hydrogen) atoms. The summed E-state index contributed by atoms with van der Waals surface area (Å²) in [6.45, 7) is 3.80. The molecular weight excluding hydrogens is 360 g/mol. The minimum absolute atomic E-state index is 0. The fourth-order valence-electron chi connectivity index (χ4n) is 1.52. The van der Waals surface area contributed by atoms with Crippen molar-refractivity contribution < 1.29 is 9.50 Å². The Morgan fingerprint density at radius 1 is 1.37 bits per heavy atom. The molecule has 0 heterocycles. The lowest BCUT2D eigenvalue weighted by molar-refractivity contribution is 0.306. The third-order valence-electron chi connectivity index (χ3n) is 2.31. The second-order valence-electron chi connectivity index (χ2n) is 3.79. The van der Waals surface area contributed by atoms with Gasteiger partial charge in [0, 0.05) is 13.1 Å². The Morgan fingerprint density at radius 2 is 2.16 bits per heavy atom. The first-order valence-corrected chi connectivity index (χ1v) is 6.13. The van der Waals surface area contributed by atoms with Crippen molar-refractivity contribution in [1.29, 1.82) is 0 Å². The summed E-state index contributed by atoms with van der Waals surface area (Å²) in [6.07, 6.45) is 0.724. The number of aliphatic hydroxyl groups is 1. The summed E-state index contributed by atoms with van der Waals surface area (Å²) in [7, 11) is 0. The van der Waals surface area contributed by atoms with E-state index in [1.807, 2.05) is 13.0 Å². The van der Waals surface area contributed by atoms with Crippen LogP contribution in [-0.4, -0.2) is 37.3 Å². The minimum atomic E-state index is -0.214. The highest BCUT2D eigenvalue weighted by molar-refractivity contribution is 14.0. The topological polar surface area (TPSA) is 56.7 Å². The van der Waals surface area contributed by atoms with Crippen LogP contribution >= 0.6 is 24.0 Å². The van der Waals surface area contributed by atoms with Crippen LogP contribution in [0.1, 0.15) is 12.5 Å². The van der Waals surface area contributed by atoms with Crippen LogP contribution in [0.25, 0.3) is 0 Å². The molecule has 0 saturated heterocycles. The highest BCUT2D eigenvalue weighted by atomic mass is 127. The summed E-state index contributed by atoms with van der Waals surface area (Å²) in [5, 5.41) is 14.9. The highest BCUT2D eigenvalue weighted by Crippen LogP contribution is 2.03. The fraction of sp³-hybridized carbons (Fsp3) is 0.462. The Balaban J connectivity index is 0.00000324. The van der Waals surface area contributed by atoms with Crippen molar-refractivity contribution in [2.75, 3.05) is 26.2 Å². The highest BCUT2D eigenvalue weighted by Gasteiger charge is 1.98. The average Bonchev–Trinajstić information content (AvgIpc) is 2.36. The van der Waals surface area contributed by atoms with Crippen molar-refractivity contribution in [3.05, 3.63) is 35.6 Å². The number of hydrogen-bond acceptors (Lipinski definition) is 2. The van der Waals surface area contributed by atoms with E-state index in [0.717, 1.165) is 18.5 Å². The summed E-state index contributed by atoms with van der Waals surface area (Å²) < 4.78 is 13.0. The standard InChI is InChI=1S/C13H20FN3O.HI/c1-2-15-13(17-8-9-18)16-7-6-11-4-3-5-12(14)10-11;/h3-5,10,18H,2,6-9H2,1H3,(H2,15,16,17);1H. The van der Waals surface area contributed by atoms with Gasteiger partial charge in [0.25, 0.3) is 0 Å². The number of rotatable bonds is 6. The Hall–Kier alpha value is -0.890. The lowest BCUT2D eigenvalue weighted by Gasteiger charge is -2.10. The summed E-state index contributed by atoms with van der Waals surface area (Å²) in [5.74, 6) is 0.455. The van der Waals surface area contributed by atoms with Crippen LogP contribution in [0.15, 0.2) is 29.3 Å². The van der Waals surface area contributed by atoms with E-state index >= 15 is 0 Å². The lowest BCUT2D eigenvalue weighted by Crippen LogP contribution is -2.38. The van der Waals surface area contributed by atoms with Gasteiger partial charge in [-0.25, -0.2) is 4.39 Å². The van der Waals surface area contributed by atoms with Crippen LogP contribution < -0.4 is 10.6 Å². The van der Waals surface area contributed by atoms with Crippen molar-refractivity contribution in [3.63, 3.8) is 0 Å². The molecule has 0 amide bonds. The zero-order valence-electron chi connectivity index (χ0n) is 11.0. The Morgan fingerprint density at radius 3 is 2.79 bits per heavy atom. The second kappa shape index (κ2) is 11.0. The molecule has 3 N–H and O–H groups in total. The van der Waals surface area contributed by atoms with E-state index in [1.165, 1.54) is 12.1 Å². The van der Waals surface area contributed by atoms with Crippen LogP contribution in [0.5, 0.6) is 0 Å². The summed E-state index contributed by atoms with van der Waals surface area (Å²) >= 11 is 0. The van der Waals surface area contributed by atoms with E-state index in [-0.39, 0.29) is 36.4 Å². The second-order valence-corrected chi connectivity index (χ2v) is 3.79. The number of nitrogens with zero attached hydrogens (tertiary/aromatic N) is 1. The third kappa shape index (κ3) is 7.99. The predicted molar refractivity (Wildman–Crippen MR) is 86.6 cm³/mol. The largest absolute Gasteiger partial charge is 0.394 e. The predicted octanol–water partition coefficient (Wildman–Crippen LogP) is 1.53. The van der Waals surface area contributed by atoms with Crippen LogP contribution in [0.3, 0.4) is 0 Å². The Labute approximate surface area is 130 Å². The Bertz CT molecular complexity index is 388. The van der Waals surface area contributed by atoms with E-state index in [4.69, 9.17) is 5.11 Å². The number of benzene rings is 1. The van der Waals surface area contributed by atoms with Gasteiger partial charge in [-0.1, -0.05) is 12.1 Å². The van der Waals surface area contributed by atoms with Gasteiger partial charge in [-0.3, -0.25) is 4.99 Å². The number of aliphatic imine (C=N–C) groups is 1. The maximum Gasteiger partial charge on any atom is 0.191 e. The van der Waals surface area contributed by atoms with Crippen molar-refractivity contribution in [3.8, 4) is 0 Å². The molecule has 0 saturated carbocycles. The molecule has 108 valence electrons. The number of hydrogen-bond donors (Lipinski definition) is 3. The molecule has 4 nitrogen and oxygen atoms in total. The van der Waals surface area contributed by atoms with Gasteiger partial charge in [0.1, 0.15) is 5.82 Å². The third-order valence-corrected chi connectivity index (χ3v) is 2.31. The van der Waals surface area contributed by atoms with E-state index in [1.54, 1.807) is 6.07 Å². The number of guanidine groups is 1. The maximum atomic E-state index is 13.0. The van der Waals surface area contributed by atoms with Gasteiger partial charge in [0.15, 0.2) is 5.96 Å². The normalized spacial score (nSPS) is 10.8. The zero-order valence-corrected chi connectivity index (χ0v) is 13.4. The van der Waals surface area contributed by atoms with E-state index in [9.17, 15) is 4.39 Å². The summed E-state index contributed by atoms with van der Waals surface area (Å²) in [4.78, 5) is 4.15. The molecule has 6 heteroatoms. The Kier molecular flexibility index (Phi) is 10.5. The summed E-state index contributed by atoms with van der Waals surface area (Å²) in [6, 6.07) is 6.56. The minimum Gasteiger partial charge on any atom is -0.394 e. The van der Waals surface area contributed by atoms with Crippen molar-refractivity contribution in [1.82, 2.24) is 10.6 Å². The lowest BCUT2D eigenvalue weighted by atomic mass is 10.1. The molecule has 0 radical (unpaired) electrons. The van der Waals surface area contributed by atoms with Gasteiger partial charge in [-0.15, -0.1) is 24.0 Å². The van der Waals surface area contributed by atoms with Crippen molar-refractivity contribution in [2.45, 2.75) is 13.3 Å². The molecule has 0 spiro atoms. The van der Waals surface area contributed by atoms with Crippen molar-refractivity contribution >= 4 is 29.9 Å². The molecule has 0 aliphatic rings.